The molecule has 2 atom stereocenters. The van der Waals surface area contributed by atoms with E-state index in [0.717, 1.165) is 16.9 Å². The first-order valence-electron chi connectivity index (χ1n) is 7.58. The van der Waals surface area contributed by atoms with Gasteiger partial charge in [0.1, 0.15) is 12.4 Å². The molecule has 23 heavy (non-hydrogen) atoms. The van der Waals surface area contributed by atoms with Crippen molar-refractivity contribution in [3.05, 3.63) is 29.3 Å². The third kappa shape index (κ3) is 4.85. The lowest BCUT2D eigenvalue weighted by Gasteiger charge is -2.25. The lowest BCUT2D eigenvalue weighted by molar-refractivity contribution is -0.129. The number of carbonyl (C=O) groups excluding carboxylic acids is 1. The summed E-state index contributed by atoms with van der Waals surface area (Å²) in [4.78, 5) is 13.8. The SMILES string of the molecule is Cc1cccc(C)c1OCC(C)N1CC(CS(=O)(=O)Cl)CC1=O. The molecule has 0 bridgehead atoms. The van der Waals surface area contributed by atoms with Crippen molar-refractivity contribution < 1.29 is 17.9 Å². The van der Waals surface area contributed by atoms with Gasteiger partial charge >= 0.3 is 0 Å². The molecule has 0 aliphatic carbocycles. The summed E-state index contributed by atoms with van der Waals surface area (Å²) in [6, 6.07) is 5.82. The summed E-state index contributed by atoms with van der Waals surface area (Å²) >= 11 is 0. The predicted molar refractivity (Wildman–Crippen MR) is 90.3 cm³/mol. The number of hydrogen-bond acceptors (Lipinski definition) is 4. The van der Waals surface area contributed by atoms with E-state index in [4.69, 9.17) is 15.4 Å². The van der Waals surface area contributed by atoms with Crippen molar-refractivity contribution in [1.29, 1.82) is 0 Å². The molecule has 2 unspecified atom stereocenters. The Hall–Kier alpha value is -1.27. The topological polar surface area (TPSA) is 63.7 Å². The second-order valence-corrected chi connectivity index (χ2v) is 9.02. The molecule has 1 aromatic carbocycles. The molecule has 1 fully saturated rings. The van der Waals surface area contributed by atoms with Gasteiger partial charge in [-0.2, -0.15) is 0 Å². The number of halogens is 1. The van der Waals surface area contributed by atoms with E-state index in [0.29, 0.717) is 13.2 Å². The van der Waals surface area contributed by atoms with Crippen molar-refractivity contribution in [3.8, 4) is 5.75 Å². The number of carbonyl (C=O) groups is 1. The minimum atomic E-state index is -3.58. The number of hydrogen-bond donors (Lipinski definition) is 0. The largest absolute Gasteiger partial charge is 0.491 e. The second kappa shape index (κ2) is 7.09. The number of para-hydroxylation sites is 1. The van der Waals surface area contributed by atoms with Crippen LogP contribution in [0.15, 0.2) is 18.2 Å². The average Bonchev–Trinajstić information content (AvgIpc) is 2.76. The number of ether oxygens (including phenoxy) is 1. The normalized spacial score (nSPS) is 19.9. The Balaban J connectivity index is 1.96. The smallest absolute Gasteiger partial charge is 0.232 e. The van der Waals surface area contributed by atoms with Crippen molar-refractivity contribution in [2.24, 2.45) is 5.92 Å². The van der Waals surface area contributed by atoms with Gasteiger partial charge in [-0.3, -0.25) is 4.79 Å². The summed E-state index contributed by atoms with van der Waals surface area (Å²) in [6.07, 6.45) is 0.222. The number of benzene rings is 1. The highest BCUT2D eigenvalue weighted by molar-refractivity contribution is 8.13. The van der Waals surface area contributed by atoms with Crippen LogP contribution in [-0.2, 0) is 13.8 Å². The Morgan fingerprint density at radius 3 is 2.52 bits per heavy atom. The minimum absolute atomic E-state index is 0.0482. The highest BCUT2D eigenvalue weighted by Gasteiger charge is 2.35. The van der Waals surface area contributed by atoms with Gasteiger partial charge in [0.2, 0.25) is 15.0 Å². The Morgan fingerprint density at radius 2 is 1.96 bits per heavy atom. The third-order valence-electron chi connectivity index (χ3n) is 4.08. The molecule has 2 rings (SSSR count). The van der Waals surface area contributed by atoms with Crippen LogP contribution in [0.4, 0.5) is 0 Å². The van der Waals surface area contributed by atoms with Gasteiger partial charge in [0.25, 0.3) is 0 Å². The summed E-state index contributed by atoms with van der Waals surface area (Å²) in [6.45, 7) is 6.65. The second-order valence-electron chi connectivity index (χ2n) is 6.20. The van der Waals surface area contributed by atoms with Crippen molar-refractivity contribution >= 4 is 25.6 Å². The molecule has 5 nitrogen and oxygen atoms in total. The molecular formula is C16H22ClNO4S. The van der Waals surface area contributed by atoms with Crippen LogP contribution in [0.1, 0.15) is 24.5 Å². The van der Waals surface area contributed by atoms with E-state index in [2.05, 4.69) is 0 Å². The molecule has 0 radical (unpaired) electrons. The Bertz CT molecular complexity index is 669. The molecule has 0 spiro atoms. The maximum atomic E-state index is 12.1. The van der Waals surface area contributed by atoms with Crippen molar-refractivity contribution in [1.82, 2.24) is 4.90 Å². The van der Waals surface area contributed by atoms with Crippen LogP contribution < -0.4 is 4.74 Å². The van der Waals surface area contributed by atoms with Gasteiger partial charge < -0.3 is 9.64 Å². The van der Waals surface area contributed by atoms with Crippen molar-refractivity contribution in [3.63, 3.8) is 0 Å². The number of rotatable bonds is 6. The van der Waals surface area contributed by atoms with Crippen LogP contribution >= 0.6 is 10.7 Å². The van der Waals surface area contributed by atoms with Crippen LogP contribution in [0, 0.1) is 19.8 Å². The van der Waals surface area contributed by atoms with Crippen LogP contribution in [-0.4, -0.2) is 44.2 Å². The van der Waals surface area contributed by atoms with Crippen molar-refractivity contribution in [2.45, 2.75) is 33.2 Å². The molecular weight excluding hydrogens is 338 g/mol. The lowest BCUT2D eigenvalue weighted by Crippen LogP contribution is -2.38. The van der Waals surface area contributed by atoms with Crippen LogP contribution in [0.25, 0.3) is 0 Å². The van der Waals surface area contributed by atoms with Gasteiger partial charge in [-0.05, 0) is 31.9 Å². The first-order valence-corrected chi connectivity index (χ1v) is 10.1. The lowest BCUT2D eigenvalue weighted by atomic mass is 10.1. The van der Waals surface area contributed by atoms with E-state index in [-0.39, 0.29) is 30.0 Å². The first kappa shape index (κ1) is 18.1. The summed E-state index contributed by atoms with van der Waals surface area (Å²) < 4.78 is 28.2. The molecule has 1 amide bonds. The van der Waals surface area contributed by atoms with Crippen LogP contribution in [0.3, 0.4) is 0 Å². The van der Waals surface area contributed by atoms with E-state index in [9.17, 15) is 13.2 Å². The molecule has 128 valence electrons. The summed E-state index contributed by atoms with van der Waals surface area (Å²) in [5, 5.41) is 0. The van der Waals surface area contributed by atoms with E-state index in [1.54, 1.807) is 4.90 Å². The van der Waals surface area contributed by atoms with E-state index in [1.807, 2.05) is 39.0 Å². The monoisotopic (exact) mass is 359 g/mol. The van der Waals surface area contributed by atoms with Gasteiger partial charge in [0.05, 0.1) is 11.8 Å². The molecule has 1 aromatic rings. The van der Waals surface area contributed by atoms with Crippen molar-refractivity contribution in [2.75, 3.05) is 18.9 Å². The molecule has 1 saturated heterocycles. The fraction of sp³-hybridized carbons (Fsp3) is 0.562. The van der Waals surface area contributed by atoms with Crippen LogP contribution in [0.2, 0.25) is 0 Å². The molecule has 7 heteroatoms. The number of likely N-dealkylation sites (tertiary alicyclic amines) is 1. The highest BCUT2D eigenvalue weighted by Crippen LogP contribution is 2.25. The Morgan fingerprint density at radius 1 is 1.35 bits per heavy atom. The maximum Gasteiger partial charge on any atom is 0.232 e. The standard InChI is InChI=1S/C16H22ClNO4S/c1-11-5-4-6-12(2)16(11)22-9-13(3)18-8-14(7-15(18)19)10-23(17,20)21/h4-6,13-14H,7-10H2,1-3H3. The zero-order chi connectivity index (χ0) is 17.2. The zero-order valence-electron chi connectivity index (χ0n) is 13.6. The molecule has 0 aromatic heterocycles. The predicted octanol–water partition coefficient (Wildman–Crippen LogP) is 2.49. The number of nitrogens with zero attached hydrogens (tertiary/aromatic N) is 1. The first-order chi connectivity index (χ1) is 10.7. The maximum absolute atomic E-state index is 12.1. The number of aryl methyl sites for hydroxylation is 2. The molecule has 1 aliphatic heterocycles. The third-order valence-corrected chi connectivity index (χ3v) is 5.33. The molecule has 0 N–H and O–H groups in total. The summed E-state index contributed by atoms with van der Waals surface area (Å²) in [7, 11) is 1.70. The van der Waals surface area contributed by atoms with E-state index in [1.165, 1.54) is 0 Å². The Kier molecular flexibility index (Phi) is 5.57. The Labute approximate surface area is 142 Å². The average molecular weight is 360 g/mol. The molecule has 0 saturated carbocycles. The zero-order valence-corrected chi connectivity index (χ0v) is 15.2. The minimum Gasteiger partial charge on any atom is -0.491 e. The summed E-state index contributed by atoms with van der Waals surface area (Å²) in [5.74, 6) is 0.382. The number of amides is 1. The quantitative estimate of drug-likeness (QED) is 0.732. The fourth-order valence-electron chi connectivity index (χ4n) is 2.95. The van der Waals surface area contributed by atoms with Gasteiger partial charge in [0.15, 0.2) is 0 Å². The van der Waals surface area contributed by atoms with E-state index < -0.39 is 9.05 Å². The molecule has 1 aliphatic rings. The fourth-order valence-corrected chi connectivity index (χ4v) is 4.27. The summed E-state index contributed by atoms with van der Waals surface area (Å²) in [5.41, 5.74) is 2.10. The van der Waals surface area contributed by atoms with Gasteiger partial charge in [-0.25, -0.2) is 8.42 Å². The highest BCUT2D eigenvalue weighted by atomic mass is 35.7. The van der Waals surface area contributed by atoms with E-state index >= 15 is 0 Å². The van der Waals surface area contributed by atoms with Gasteiger partial charge in [-0.1, -0.05) is 18.2 Å². The molecule has 1 heterocycles. The van der Waals surface area contributed by atoms with Gasteiger partial charge in [-0.15, -0.1) is 0 Å². The van der Waals surface area contributed by atoms with Gasteiger partial charge in [0, 0.05) is 29.6 Å². The van der Waals surface area contributed by atoms with Crippen LogP contribution in [0.5, 0.6) is 5.75 Å².